The Bertz CT molecular complexity index is 3750. The van der Waals surface area contributed by atoms with E-state index in [0.717, 1.165) is 45.1 Å². The summed E-state index contributed by atoms with van der Waals surface area (Å²) in [5.41, 5.74) is 13.0. The molecular formula is C64H68Ge4N4O. The molecular weight excluding hydrogens is 1130 g/mol. The molecule has 0 amide bonds. The Morgan fingerprint density at radius 1 is 0.507 bits per heavy atom. The van der Waals surface area contributed by atoms with E-state index in [1.807, 2.05) is 6.20 Å². The van der Waals surface area contributed by atoms with Gasteiger partial charge in [0.05, 0.1) is 11.0 Å². The molecule has 0 spiro atoms. The van der Waals surface area contributed by atoms with E-state index in [1.165, 1.54) is 65.3 Å². The molecule has 9 heteroatoms. The molecule has 2 aliphatic heterocycles. The van der Waals surface area contributed by atoms with Crippen LogP contribution in [0.4, 0.5) is 0 Å². The summed E-state index contributed by atoms with van der Waals surface area (Å²) >= 11 is -8.71. The van der Waals surface area contributed by atoms with Crippen LogP contribution in [0.15, 0.2) is 164 Å². The smallest absolute Gasteiger partial charge is 0.0149 e. The number of ether oxygens (including phenoxy) is 1. The minimum atomic E-state index is -2.24. The maximum atomic E-state index is 6.87. The molecule has 0 atom stereocenters. The zero-order chi connectivity index (χ0) is 50.8. The van der Waals surface area contributed by atoms with Crippen molar-refractivity contribution in [3.8, 4) is 50.9 Å². The van der Waals surface area contributed by atoms with Gasteiger partial charge in [0.15, 0.2) is 0 Å². The van der Waals surface area contributed by atoms with Gasteiger partial charge in [-0.1, -0.05) is 39.0 Å². The summed E-state index contributed by atoms with van der Waals surface area (Å²) < 4.78 is 20.7. The molecule has 3 aromatic heterocycles. The van der Waals surface area contributed by atoms with Gasteiger partial charge in [-0.3, -0.25) is 4.57 Å². The van der Waals surface area contributed by atoms with Crippen LogP contribution in [0, 0.1) is 6.33 Å². The summed E-state index contributed by atoms with van der Waals surface area (Å²) in [5.74, 6) is 23.6. The molecule has 0 bridgehead atoms. The number of hydrogen-bond donors (Lipinski definition) is 0. The zero-order valence-corrected chi connectivity index (χ0v) is 53.0. The van der Waals surface area contributed by atoms with Gasteiger partial charge in [0, 0.05) is 23.0 Å². The van der Waals surface area contributed by atoms with Crippen LogP contribution in [-0.2, 0) is 5.41 Å². The normalized spacial score (nSPS) is 16.6. The van der Waals surface area contributed by atoms with E-state index in [2.05, 4.69) is 245 Å². The van der Waals surface area contributed by atoms with E-state index in [4.69, 9.17) is 9.72 Å². The number of pyridine rings is 1. The van der Waals surface area contributed by atoms with Gasteiger partial charge in [0.2, 0.25) is 0 Å². The van der Waals surface area contributed by atoms with Crippen molar-refractivity contribution in [3.63, 3.8) is 0 Å². The number of rotatable bonds is 7. The number of nitrogens with zero attached hydrogens (tertiary/aromatic N) is 4. The van der Waals surface area contributed by atoms with Crippen molar-refractivity contribution in [3.05, 3.63) is 176 Å². The Morgan fingerprint density at radius 3 is 1.71 bits per heavy atom. The molecule has 7 aromatic carbocycles. The first-order valence-corrected chi connectivity index (χ1v) is 53.4. The fourth-order valence-corrected chi connectivity index (χ4v) is 73.1. The Hall–Kier alpha value is -5.07. The molecule has 0 saturated heterocycles. The molecule has 5 heterocycles. The van der Waals surface area contributed by atoms with Crippen molar-refractivity contribution in [2.45, 2.75) is 93.2 Å². The summed E-state index contributed by atoms with van der Waals surface area (Å²) in [4.78, 5) is 4.93. The van der Waals surface area contributed by atoms with Gasteiger partial charge in [-0.05, 0) is 41.3 Å². The van der Waals surface area contributed by atoms with E-state index < -0.39 is 53.1 Å². The van der Waals surface area contributed by atoms with E-state index in [-0.39, 0.29) is 5.41 Å². The first-order valence-electron chi connectivity index (χ1n) is 26.5. The van der Waals surface area contributed by atoms with Crippen LogP contribution >= 0.6 is 0 Å². The van der Waals surface area contributed by atoms with Crippen molar-refractivity contribution in [2.75, 3.05) is 0 Å². The first-order chi connectivity index (χ1) is 34.8. The third kappa shape index (κ3) is 8.53. The molecule has 73 heavy (non-hydrogen) atoms. The Labute approximate surface area is 443 Å². The minimum absolute atomic E-state index is 0.0112. The minimum Gasteiger partial charge on any atom is -0.0149 e. The van der Waals surface area contributed by atoms with Gasteiger partial charge < -0.3 is 0 Å². The molecule has 0 fully saturated rings. The van der Waals surface area contributed by atoms with Crippen molar-refractivity contribution < 1.29 is 9.30 Å². The number of hydrogen-bond acceptors (Lipinski definition) is 2. The monoisotopic (exact) mass is 1200 g/mol. The van der Waals surface area contributed by atoms with Crippen molar-refractivity contribution in [2.24, 2.45) is 0 Å². The van der Waals surface area contributed by atoms with Gasteiger partial charge in [-0.2, -0.15) is 0 Å². The van der Waals surface area contributed by atoms with Crippen LogP contribution in [0.2, 0.25) is 67.1 Å². The fourth-order valence-electron chi connectivity index (χ4n) is 12.3. The van der Waals surface area contributed by atoms with Crippen LogP contribution < -0.4 is 26.9 Å². The third-order valence-electron chi connectivity index (χ3n) is 16.9. The van der Waals surface area contributed by atoms with Crippen LogP contribution in [-0.4, -0.2) is 67.2 Å². The average Bonchev–Trinajstić information content (AvgIpc) is 3.92. The number of para-hydroxylation sites is 4. The SMILES string of the molecule is CC(C)(C)c1ccnc(-n2c3ccccc3c3ccc(Oc4cccc(-n5[c-][n+](-c6c(-c7cc[c]8[c](c7)[Ge]([CH3])([CH3])[CH2][CH2][Ge]8([CH3])[CH3])cccc6-c6cc[c]7[c](c6)[Ge]([CH3])([CH3])[CH2][CH2][Ge]7([CH3])[CH3])c6ccccc65)c4)cc32)c1. The molecule has 0 aliphatic carbocycles. The fraction of sp³-hybridized carbons (Fsp3) is 0.250. The second kappa shape index (κ2) is 17.8. The Morgan fingerprint density at radius 2 is 1.07 bits per heavy atom. The molecule has 12 rings (SSSR count). The molecule has 0 unspecified atom stereocenters. The largest absolute Gasteiger partial charge is 0.0592 e. The number of imidazole rings is 1. The quantitative estimate of drug-likeness (QED) is 0.0906. The van der Waals surface area contributed by atoms with Crippen LogP contribution in [0.25, 0.3) is 72.3 Å². The summed E-state index contributed by atoms with van der Waals surface area (Å²) in [7, 11) is 0. The molecule has 0 saturated carbocycles. The predicted molar refractivity (Wildman–Crippen MR) is 320 cm³/mol. The second-order valence-corrected chi connectivity index (χ2v) is 65.1. The van der Waals surface area contributed by atoms with Gasteiger partial charge in [0.1, 0.15) is 11.6 Å². The summed E-state index contributed by atoms with van der Waals surface area (Å²) in [6.45, 7) is 6.76. The van der Waals surface area contributed by atoms with Gasteiger partial charge >= 0.3 is 311 Å². The van der Waals surface area contributed by atoms with E-state index >= 15 is 0 Å². The maximum absolute atomic E-state index is 6.87. The van der Waals surface area contributed by atoms with Gasteiger partial charge in [0.25, 0.3) is 0 Å². The standard InChI is InChI=1S/C64H68Ge4N4O/c1-64(2,3)46-32-37-69-62(40-46)72-58-23-13-12-20-52(58)53-29-28-49(42-61(53)72)73-48-19-16-18-47(41-48)70-43-71(60-25-15-14-24-59(60)70)63-50(44-26-30-54-56(38-44)67(8,9)35-33-65(54,4)5)21-17-22-51(63)45-27-31-55-57(39-45)68(10,11)36-34-66(55,6)7/h12-32,37-42H,33-36H2,1-11H3. The molecule has 0 N–H and O–H groups in total. The van der Waals surface area contributed by atoms with Crippen LogP contribution in [0.1, 0.15) is 26.3 Å². The third-order valence-corrected chi connectivity index (χ3v) is 51.9. The van der Waals surface area contributed by atoms with Gasteiger partial charge in [-0.15, -0.1) is 0 Å². The maximum Gasteiger partial charge on any atom is 0.0592 e. The van der Waals surface area contributed by atoms with Crippen LogP contribution in [0.5, 0.6) is 11.5 Å². The van der Waals surface area contributed by atoms with Crippen LogP contribution in [0.3, 0.4) is 0 Å². The number of fused-ring (bicyclic) bond motifs is 6. The topological polar surface area (TPSA) is 35.9 Å². The number of benzene rings is 7. The molecule has 0 radical (unpaired) electrons. The first kappa shape index (κ1) is 48.8. The second-order valence-electron chi connectivity index (χ2n) is 24.8. The van der Waals surface area contributed by atoms with Crippen molar-refractivity contribution >= 4 is 103 Å². The zero-order valence-electron chi connectivity index (χ0n) is 44.6. The number of aromatic nitrogens is 4. The van der Waals surface area contributed by atoms with E-state index in [0.29, 0.717) is 0 Å². The van der Waals surface area contributed by atoms with Gasteiger partial charge in [-0.25, -0.2) is 4.98 Å². The molecule has 366 valence electrons. The molecule has 2 aliphatic rings. The summed E-state index contributed by atoms with van der Waals surface area (Å²) in [6.07, 6.45) is 5.94. The molecule has 5 nitrogen and oxygen atoms in total. The van der Waals surface area contributed by atoms with E-state index in [1.54, 1.807) is 17.6 Å². The Kier molecular flexibility index (Phi) is 11.9. The van der Waals surface area contributed by atoms with Crippen molar-refractivity contribution in [1.29, 1.82) is 0 Å². The summed E-state index contributed by atoms with van der Waals surface area (Å²) in [5, 5.41) is 8.15. The average molecular weight is 1200 g/mol. The van der Waals surface area contributed by atoms with Crippen molar-refractivity contribution in [1.82, 2.24) is 14.1 Å². The van der Waals surface area contributed by atoms with E-state index in [9.17, 15) is 0 Å². The Balaban J connectivity index is 1.01. The molecule has 10 aromatic rings. The predicted octanol–water partition coefficient (Wildman–Crippen LogP) is 14.3. The summed E-state index contributed by atoms with van der Waals surface area (Å²) in [6, 6.07) is 59.2.